The van der Waals surface area contributed by atoms with Crippen LogP contribution in [0.5, 0.6) is 0 Å². The molecule has 1 nitrogen and oxygen atoms in total. The van der Waals surface area contributed by atoms with Gasteiger partial charge in [-0.25, -0.2) is 0 Å². The predicted octanol–water partition coefficient (Wildman–Crippen LogP) is 6.03. The summed E-state index contributed by atoms with van der Waals surface area (Å²) in [7, 11) is 0. The van der Waals surface area contributed by atoms with Crippen LogP contribution in [0.25, 0.3) is 0 Å². The van der Waals surface area contributed by atoms with Crippen molar-refractivity contribution in [3.63, 3.8) is 0 Å². The molecular formula is C19H33NS. The average Bonchev–Trinajstić information content (AvgIpc) is 2.77. The highest BCUT2D eigenvalue weighted by Crippen LogP contribution is 2.34. The van der Waals surface area contributed by atoms with Crippen LogP contribution in [0.2, 0.25) is 0 Å². The van der Waals surface area contributed by atoms with Crippen LogP contribution < -0.4 is 5.32 Å². The number of hydrogen-bond donors (Lipinski definition) is 1. The molecule has 0 bridgehead atoms. The molecule has 1 atom stereocenters. The van der Waals surface area contributed by atoms with Crippen LogP contribution in [0.15, 0.2) is 6.07 Å². The number of unbranched alkanes of at least 4 members (excludes halogenated alkanes) is 4. The van der Waals surface area contributed by atoms with E-state index in [1.54, 1.807) is 15.3 Å². The lowest BCUT2D eigenvalue weighted by Crippen LogP contribution is -2.19. The second-order valence-corrected chi connectivity index (χ2v) is 7.64. The molecule has 1 aromatic heterocycles. The van der Waals surface area contributed by atoms with Gasteiger partial charge in [0.1, 0.15) is 0 Å². The summed E-state index contributed by atoms with van der Waals surface area (Å²) in [6.45, 7) is 5.62. The minimum absolute atomic E-state index is 0.605. The number of thiophene rings is 1. The fourth-order valence-corrected chi connectivity index (χ4v) is 4.77. The van der Waals surface area contributed by atoms with E-state index >= 15 is 0 Å². The first kappa shape index (κ1) is 17.0. The first-order chi connectivity index (χ1) is 10.3. The molecule has 1 aromatic rings. The number of nitrogens with one attached hydrogen (secondary N) is 1. The highest BCUT2D eigenvalue weighted by molar-refractivity contribution is 7.12. The zero-order valence-corrected chi connectivity index (χ0v) is 14.9. The topological polar surface area (TPSA) is 12.0 Å². The fourth-order valence-electron chi connectivity index (χ4n) is 3.41. The van der Waals surface area contributed by atoms with Gasteiger partial charge in [0.2, 0.25) is 0 Å². The molecule has 0 fully saturated rings. The molecule has 0 saturated heterocycles. The maximum Gasteiger partial charge on any atom is 0.0414 e. The number of rotatable bonds is 9. The van der Waals surface area contributed by atoms with Crippen LogP contribution in [0.4, 0.5) is 0 Å². The second kappa shape index (κ2) is 9.63. The quantitative estimate of drug-likeness (QED) is 0.434. The van der Waals surface area contributed by atoms with Crippen molar-refractivity contribution in [2.45, 2.75) is 90.5 Å². The molecule has 21 heavy (non-hydrogen) atoms. The third kappa shape index (κ3) is 5.41. The van der Waals surface area contributed by atoms with Crippen molar-refractivity contribution in [2.24, 2.45) is 0 Å². The predicted molar refractivity (Wildman–Crippen MR) is 95.4 cm³/mol. The van der Waals surface area contributed by atoms with Gasteiger partial charge in [-0.15, -0.1) is 11.3 Å². The van der Waals surface area contributed by atoms with Crippen LogP contribution in [-0.2, 0) is 12.8 Å². The van der Waals surface area contributed by atoms with E-state index in [2.05, 4.69) is 36.6 Å². The van der Waals surface area contributed by atoms with Gasteiger partial charge in [0.15, 0.2) is 0 Å². The Kier molecular flexibility index (Phi) is 7.81. The summed E-state index contributed by atoms with van der Waals surface area (Å²) in [4.78, 5) is 3.30. The fraction of sp³-hybridized carbons (Fsp3) is 0.789. The minimum Gasteiger partial charge on any atom is -0.310 e. The SMILES string of the molecule is CCCCCCCC(NCC)c1cc2c(s1)CCCCC2. The largest absolute Gasteiger partial charge is 0.310 e. The molecule has 0 aliphatic heterocycles. The summed E-state index contributed by atoms with van der Waals surface area (Å²) in [5.74, 6) is 0. The Balaban J connectivity index is 1.91. The highest BCUT2D eigenvalue weighted by atomic mass is 32.1. The maximum absolute atomic E-state index is 3.72. The summed E-state index contributed by atoms with van der Waals surface area (Å²) >= 11 is 2.10. The molecular weight excluding hydrogens is 274 g/mol. The highest BCUT2D eigenvalue weighted by Gasteiger charge is 2.17. The summed E-state index contributed by atoms with van der Waals surface area (Å²) in [5.41, 5.74) is 1.67. The Hall–Kier alpha value is -0.340. The van der Waals surface area contributed by atoms with Gasteiger partial charge in [-0.1, -0.05) is 52.4 Å². The third-order valence-electron chi connectivity index (χ3n) is 4.66. The lowest BCUT2D eigenvalue weighted by Gasteiger charge is -2.16. The van der Waals surface area contributed by atoms with E-state index in [0.29, 0.717) is 6.04 Å². The Morgan fingerprint density at radius 2 is 1.86 bits per heavy atom. The van der Waals surface area contributed by atoms with E-state index in [1.807, 2.05) is 0 Å². The molecule has 1 N–H and O–H groups in total. The Morgan fingerprint density at radius 1 is 1.05 bits per heavy atom. The molecule has 0 amide bonds. The zero-order valence-electron chi connectivity index (χ0n) is 14.0. The van der Waals surface area contributed by atoms with Crippen molar-refractivity contribution in [3.05, 3.63) is 21.4 Å². The van der Waals surface area contributed by atoms with Crippen molar-refractivity contribution in [2.75, 3.05) is 6.54 Å². The Morgan fingerprint density at radius 3 is 2.67 bits per heavy atom. The van der Waals surface area contributed by atoms with E-state index in [4.69, 9.17) is 0 Å². The maximum atomic E-state index is 3.72. The second-order valence-electron chi connectivity index (χ2n) is 6.47. The van der Waals surface area contributed by atoms with Gasteiger partial charge in [-0.3, -0.25) is 0 Å². The van der Waals surface area contributed by atoms with Gasteiger partial charge in [0, 0.05) is 15.8 Å². The molecule has 0 aromatic carbocycles. The normalized spacial score (nSPS) is 16.5. The van der Waals surface area contributed by atoms with Crippen molar-refractivity contribution >= 4 is 11.3 Å². The molecule has 1 heterocycles. The molecule has 1 aliphatic rings. The van der Waals surface area contributed by atoms with E-state index in [1.165, 1.54) is 70.6 Å². The summed E-state index contributed by atoms with van der Waals surface area (Å²) in [6, 6.07) is 3.14. The van der Waals surface area contributed by atoms with Gasteiger partial charge in [-0.2, -0.15) is 0 Å². The smallest absolute Gasteiger partial charge is 0.0414 e. The first-order valence-electron chi connectivity index (χ1n) is 9.20. The van der Waals surface area contributed by atoms with E-state index < -0.39 is 0 Å². The molecule has 0 radical (unpaired) electrons. The van der Waals surface area contributed by atoms with Crippen LogP contribution in [0.3, 0.4) is 0 Å². The lowest BCUT2D eigenvalue weighted by molar-refractivity contribution is 0.484. The van der Waals surface area contributed by atoms with Gasteiger partial charge in [0.25, 0.3) is 0 Å². The van der Waals surface area contributed by atoms with Crippen LogP contribution in [0.1, 0.15) is 93.0 Å². The third-order valence-corrected chi connectivity index (χ3v) is 6.01. The van der Waals surface area contributed by atoms with Gasteiger partial charge in [0.05, 0.1) is 0 Å². The lowest BCUT2D eigenvalue weighted by atomic mass is 10.0. The van der Waals surface area contributed by atoms with Crippen molar-refractivity contribution in [3.8, 4) is 0 Å². The molecule has 1 unspecified atom stereocenters. The van der Waals surface area contributed by atoms with Gasteiger partial charge >= 0.3 is 0 Å². The molecule has 0 saturated carbocycles. The molecule has 0 spiro atoms. The van der Waals surface area contributed by atoms with E-state index in [0.717, 1.165) is 6.54 Å². The average molecular weight is 308 g/mol. The van der Waals surface area contributed by atoms with Crippen LogP contribution in [0, 0.1) is 0 Å². The van der Waals surface area contributed by atoms with E-state index in [-0.39, 0.29) is 0 Å². The summed E-state index contributed by atoms with van der Waals surface area (Å²) in [5, 5.41) is 3.72. The minimum atomic E-state index is 0.605. The number of aryl methyl sites for hydroxylation is 2. The number of fused-ring (bicyclic) bond motifs is 1. The first-order valence-corrected chi connectivity index (χ1v) is 10.0. The summed E-state index contributed by atoms with van der Waals surface area (Å²) in [6.07, 6.45) is 15.1. The number of hydrogen-bond acceptors (Lipinski definition) is 2. The van der Waals surface area contributed by atoms with Crippen molar-refractivity contribution in [1.29, 1.82) is 0 Å². The Bertz CT molecular complexity index is 373. The molecule has 2 rings (SSSR count). The standard InChI is InChI=1S/C19H33NS/c1-3-5-6-7-10-13-17(20-4-2)19-15-16-12-9-8-11-14-18(16)21-19/h15,17,20H,3-14H2,1-2H3. The summed E-state index contributed by atoms with van der Waals surface area (Å²) < 4.78 is 0. The van der Waals surface area contributed by atoms with Gasteiger partial charge in [-0.05, 0) is 50.3 Å². The van der Waals surface area contributed by atoms with Crippen molar-refractivity contribution < 1.29 is 0 Å². The molecule has 1 aliphatic carbocycles. The monoisotopic (exact) mass is 307 g/mol. The Labute approximate surface area is 135 Å². The molecule has 2 heteroatoms. The van der Waals surface area contributed by atoms with E-state index in [9.17, 15) is 0 Å². The van der Waals surface area contributed by atoms with Gasteiger partial charge < -0.3 is 5.32 Å². The van der Waals surface area contributed by atoms with Crippen molar-refractivity contribution in [1.82, 2.24) is 5.32 Å². The molecule has 120 valence electrons. The van der Waals surface area contributed by atoms with Crippen LogP contribution >= 0.6 is 11.3 Å². The zero-order chi connectivity index (χ0) is 14.9. The van der Waals surface area contributed by atoms with Crippen LogP contribution in [-0.4, -0.2) is 6.54 Å².